The number of nitrogens with one attached hydrogen (secondary N) is 1. The lowest BCUT2D eigenvalue weighted by atomic mass is 10.2. The topological polar surface area (TPSA) is 120 Å². The van der Waals surface area contributed by atoms with E-state index in [-0.39, 0.29) is 17.7 Å². The van der Waals surface area contributed by atoms with E-state index in [1.165, 1.54) is 23.9 Å². The first kappa shape index (κ1) is 15.1. The van der Waals surface area contributed by atoms with Crippen molar-refractivity contribution in [2.24, 2.45) is 0 Å². The number of nitro groups is 1. The van der Waals surface area contributed by atoms with Gasteiger partial charge in [0.05, 0.1) is 11.0 Å². The SMILES string of the molecule is CC(C)Oc1ccc([N+](=O)[O-])cc1CSc1n[nH]c(N)n1. The molecule has 0 unspecified atom stereocenters. The number of ether oxygens (including phenoxy) is 1. The number of rotatable bonds is 6. The zero-order valence-electron chi connectivity index (χ0n) is 11.6. The molecule has 0 radical (unpaired) electrons. The van der Waals surface area contributed by atoms with Gasteiger partial charge in [-0.1, -0.05) is 11.8 Å². The van der Waals surface area contributed by atoms with Crippen LogP contribution in [0.5, 0.6) is 5.75 Å². The number of nitrogens with zero attached hydrogens (tertiary/aromatic N) is 3. The van der Waals surface area contributed by atoms with E-state index in [1.54, 1.807) is 6.07 Å². The summed E-state index contributed by atoms with van der Waals surface area (Å²) in [5.41, 5.74) is 6.19. The van der Waals surface area contributed by atoms with Crippen LogP contribution < -0.4 is 10.5 Å². The summed E-state index contributed by atoms with van der Waals surface area (Å²) in [6.07, 6.45) is -0.0191. The fraction of sp³-hybridized carbons (Fsp3) is 0.333. The van der Waals surface area contributed by atoms with Crippen LogP contribution in [0.15, 0.2) is 23.4 Å². The number of benzene rings is 1. The molecule has 0 bridgehead atoms. The number of non-ortho nitro benzene ring substituents is 1. The molecule has 8 nitrogen and oxygen atoms in total. The number of anilines is 1. The molecule has 1 aromatic carbocycles. The van der Waals surface area contributed by atoms with Gasteiger partial charge in [-0.3, -0.25) is 10.1 Å². The molecule has 21 heavy (non-hydrogen) atoms. The first-order valence-corrected chi connectivity index (χ1v) is 7.19. The second-order valence-electron chi connectivity index (χ2n) is 4.51. The van der Waals surface area contributed by atoms with Crippen molar-refractivity contribution in [1.82, 2.24) is 15.2 Å². The Morgan fingerprint density at radius 3 is 2.86 bits per heavy atom. The largest absolute Gasteiger partial charge is 0.491 e. The number of aromatic nitrogens is 3. The molecule has 0 fully saturated rings. The van der Waals surface area contributed by atoms with Crippen LogP contribution in [-0.2, 0) is 5.75 Å². The smallest absolute Gasteiger partial charge is 0.270 e. The predicted octanol–water partition coefficient (Wildman–Crippen LogP) is 2.37. The van der Waals surface area contributed by atoms with E-state index in [4.69, 9.17) is 10.5 Å². The quantitative estimate of drug-likeness (QED) is 0.477. The van der Waals surface area contributed by atoms with Crippen LogP contribution in [0.3, 0.4) is 0 Å². The average Bonchev–Trinajstić information content (AvgIpc) is 2.82. The van der Waals surface area contributed by atoms with E-state index in [0.29, 0.717) is 22.2 Å². The van der Waals surface area contributed by atoms with Crippen LogP contribution in [0, 0.1) is 10.1 Å². The third-order valence-electron chi connectivity index (χ3n) is 2.46. The minimum atomic E-state index is -0.432. The number of hydrogen-bond donors (Lipinski definition) is 2. The molecule has 0 atom stereocenters. The van der Waals surface area contributed by atoms with E-state index in [9.17, 15) is 10.1 Å². The minimum absolute atomic E-state index is 0.0191. The molecule has 1 heterocycles. The van der Waals surface area contributed by atoms with E-state index in [2.05, 4.69) is 15.2 Å². The maximum atomic E-state index is 10.9. The molecule has 112 valence electrons. The van der Waals surface area contributed by atoms with Crippen molar-refractivity contribution in [3.05, 3.63) is 33.9 Å². The van der Waals surface area contributed by atoms with Gasteiger partial charge in [-0.05, 0) is 19.9 Å². The Kier molecular flexibility index (Phi) is 4.63. The van der Waals surface area contributed by atoms with Gasteiger partial charge in [-0.2, -0.15) is 4.98 Å². The molecule has 0 saturated heterocycles. The first-order valence-electron chi connectivity index (χ1n) is 6.20. The summed E-state index contributed by atoms with van der Waals surface area (Å²) in [7, 11) is 0. The summed E-state index contributed by atoms with van der Waals surface area (Å²) in [5.74, 6) is 1.29. The zero-order chi connectivity index (χ0) is 15.4. The summed E-state index contributed by atoms with van der Waals surface area (Å²) in [4.78, 5) is 14.4. The van der Waals surface area contributed by atoms with Crippen LogP contribution in [-0.4, -0.2) is 26.2 Å². The minimum Gasteiger partial charge on any atom is -0.491 e. The number of thioether (sulfide) groups is 1. The van der Waals surface area contributed by atoms with Crippen molar-refractivity contribution in [2.45, 2.75) is 30.9 Å². The van der Waals surface area contributed by atoms with Crippen molar-refractivity contribution in [2.75, 3.05) is 5.73 Å². The molecule has 0 aliphatic heterocycles. The summed E-state index contributed by atoms with van der Waals surface area (Å²) in [6, 6.07) is 4.54. The zero-order valence-corrected chi connectivity index (χ0v) is 12.4. The van der Waals surface area contributed by atoms with Crippen molar-refractivity contribution in [3.63, 3.8) is 0 Å². The number of nitrogen functional groups attached to an aromatic ring is 1. The van der Waals surface area contributed by atoms with Gasteiger partial charge in [0.1, 0.15) is 5.75 Å². The van der Waals surface area contributed by atoms with Gasteiger partial charge in [0.15, 0.2) is 0 Å². The van der Waals surface area contributed by atoms with Gasteiger partial charge in [0, 0.05) is 23.4 Å². The maximum absolute atomic E-state index is 10.9. The number of H-pyrrole nitrogens is 1. The molecular weight excluding hydrogens is 294 g/mol. The number of nitro benzene ring substituents is 1. The van der Waals surface area contributed by atoms with Crippen LogP contribution in [0.1, 0.15) is 19.4 Å². The maximum Gasteiger partial charge on any atom is 0.270 e. The average molecular weight is 309 g/mol. The second-order valence-corrected chi connectivity index (χ2v) is 5.45. The van der Waals surface area contributed by atoms with Gasteiger partial charge in [0.2, 0.25) is 11.1 Å². The van der Waals surface area contributed by atoms with Gasteiger partial charge in [-0.15, -0.1) is 5.10 Å². The van der Waals surface area contributed by atoms with Gasteiger partial charge < -0.3 is 10.5 Å². The summed E-state index contributed by atoms with van der Waals surface area (Å²) >= 11 is 1.32. The Morgan fingerprint density at radius 2 is 2.29 bits per heavy atom. The Hall–Kier alpha value is -2.29. The van der Waals surface area contributed by atoms with Gasteiger partial charge >= 0.3 is 0 Å². The standard InChI is InChI=1S/C12H15N5O3S/c1-7(2)20-10-4-3-9(17(18)19)5-8(10)6-21-12-14-11(13)15-16-12/h3-5,7H,6H2,1-2H3,(H3,13,14,15,16). The molecule has 2 aromatic rings. The van der Waals surface area contributed by atoms with Crippen LogP contribution in [0.25, 0.3) is 0 Å². The van der Waals surface area contributed by atoms with E-state index in [0.717, 1.165) is 0 Å². The van der Waals surface area contributed by atoms with E-state index in [1.807, 2.05) is 13.8 Å². The molecule has 0 saturated carbocycles. The molecule has 1 aromatic heterocycles. The summed E-state index contributed by atoms with van der Waals surface area (Å²) in [6.45, 7) is 3.79. The van der Waals surface area contributed by atoms with Gasteiger partial charge in [-0.25, -0.2) is 5.10 Å². The number of aromatic amines is 1. The van der Waals surface area contributed by atoms with Crippen LogP contribution in [0.4, 0.5) is 11.6 Å². The van der Waals surface area contributed by atoms with Crippen molar-refractivity contribution >= 4 is 23.4 Å². The summed E-state index contributed by atoms with van der Waals surface area (Å²) < 4.78 is 5.66. The highest BCUT2D eigenvalue weighted by Gasteiger charge is 2.14. The highest BCUT2D eigenvalue weighted by atomic mass is 32.2. The van der Waals surface area contributed by atoms with Crippen LogP contribution >= 0.6 is 11.8 Å². The molecule has 0 aliphatic rings. The van der Waals surface area contributed by atoms with Gasteiger partial charge in [0.25, 0.3) is 5.69 Å². The molecule has 0 aliphatic carbocycles. The molecule has 2 rings (SSSR count). The Balaban J connectivity index is 2.20. The normalized spacial score (nSPS) is 10.8. The van der Waals surface area contributed by atoms with E-state index >= 15 is 0 Å². The molecule has 3 N–H and O–H groups in total. The molecule has 9 heteroatoms. The fourth-order valence-corrected chi connectivity index (χ4v) is 2.41. The third kappa shape index (κ3) is 4.09. The first-order chi connectivity index (χ1) is 9.95. The van der Waals surface area contributed by atoms with E-state index < -0.39 is 4.92 Å². The highest BCUT2D eigenvalue weighted by molar-refractivity contribution is 7.98. The van der Waals surface area contributed by atoms with Crippen LogP contribution in [0.2, 0.25) is 0 Å². The monoisotopic (exact) mass is 309 g/mol. The Morgan fingerprint density at radius 1 is 1.52 bits per heavy atom. The fourth-order valence-electron chi connectivity index (χ4n) is 1.63. The third-order valence-corrected chi connectivity index (χ3v) is 3.35. The van der Waals surface area contributed by atoms with Crippen molar-refractivity contribution in [3.8, 4) is 5.75 Å². The second kappa shape index (κ2) is 6.44. The molecule has 0 amide bonds. The number of hydrogen-bond acceptors (Lipinski definition) is 7. The summed E-state index contributed by atoms with van der Waals surface area (Å²) in [5, 5.41) is 17.8. The Labute approximate surface area is 125 Å². The lowest BCUT2D eigenvalue weighted by Gasteiger charge is -2.13. The number of nitrogens with two attached hydrogens (primary N) is 1. The van der Waals surface area contributed by atoms with Crippen molar-refractivity contribution in [1.29, 1.82) is 0 Å². The predicted molar refractivity (Wildman–Crippen MR) is 79.2 cm³/mol. The van der Waals surface area contributed by atoms with Crippen molar-refractivity contribution < 1.29 is 9.66 Å². The Bertz CT molecular complexity index is 644. The highest BCUT2D eigenvalue weighted by Crippen LogP contribution is 2.30. The molecular formula is C12H15N5O3S. The lowest BCUT2D eigenvalue weighted by molar-refractivity contribution is -0.384. The lowest BCUT2D eigenvalue weighted by Crippen LogP contribution is -2.07. The molecule has 0 spiro atoms.